The van der Waals surface area contributed by atoms with Crippen LogP contribution in [0.3, 0.4) is 0 Å². The van der Waals surface area contributed by atoms with Crippen LogP contribution in [0.5, 0.6) is 0 Å². The first-order chi connectivity index (χ1) is 15.6. The number of aromatic nitrogens is 1. The number of carbonyl (C=O) groups is 1. The fourth-order valence-corrected chi connectivity index (χ4v) is 5.55. The van der Waals surface area contributed by atoms with E-state index in [-0.39, 0.29) is 5.91 Å². The van der Waals surface area contributed by atoms with Crippen molar-refractivity contribution >= 4 is 43.4 Å². The summed E-state index contributed by atoms with van der Waals surface area (Å²) in [7, 11) is 0. The Morgan fingerprint density at radius 1 is 1.09 bits per heavy atom. The van der Waals surface area contributed by atoms with Crippen molar-refractivity contribution in [3.05, 3.63) is 71.3 Å². The summed E-state index contributed by atoms with van der Waals surface area (Å²) in [6.45, 7) is 8.87. The summed E-state index contributed by atoms with van der Waals surface area (Å²) in [4.78, 5) is 23.1. The third kappa shape index (κ3) is 4.13. The van der Waals surface area contributed by atoms with E-state index in [2.05, 4.69) is 30.9 Å². The molecular weight excluding hydrogens is 418 g/mol. The minimum absolute atomic E-state index is 0.00323. The monoisotopic (exact) mass is 445 g/mol. The van der Waals surface area contributed by atoms with Gasteiger partial charge in [0.25, 0.3) is 5.91 Å². The molecule has 0 radical (unpaired) electrons. The van der Waals surface area contributed by atoms with Gasteiger partial charge in [-0.15, -0.1) is 0 Å². The average molecular weight is 446 g/mol. The van der Waals surface area contributed by atoms with Crippen molar-refractivity contribution in [3.8, 4) is 0 Å². The van der Waals surface area contributed by atoms with Crippen molar-refractivity contribution in [2.24, 2.45) is 0 Å². The minimum Gasteiger partial charge on any atom is -0.379 e. The molecule has 1 fully saturated rings. The third-order valence-corrected chi connectivity index (χ3v) is 7.08. The van der Waals surface area contributed by atoms with Gasteiger partial charge >= 0.3 is 0 Å². The van der Waals surface area contributed by atoms with Gasteiger partial charge in [0, 0.05) is 31.7 Å². The summed E-state index contributed by atoms with van der Waals surface area (Å²) in [5.74, 6) is 0.00323. The minimum atomic E-state index is 0.00323. The van der Waals surface area contributed by atoms with Gasteiger partial charge in [-0.2, -0.15) is 0 Å². The number of ether oxygens (including phenoxy) is 1. The van der Waals surface area contributed by atoms with E-state index in [1.165, 1.54) is 5.56 Å². The second-order valence-corrected chi connectivity index (χ2v) is 9.37. The number of carbonyl (C=O) groups excluding carboxylic acids is 1. The molecule has 0 bridgehead atoms. The molecule has 1 amide bonds. The summed E-state index contributed by atoms with van der Waals surface area (Å²) >= 11 is 1.60. The second kappa shape index (κ2) is 8.98. The summed E-state index contributed by atoms with van der Waals surface area (Å²) < 4.78 is 6.61. The van der Waals surface area contributed by atoms with Crippen LogP contribution in [0.1, 0.15) is 21.5 Å². The number of thiazole rings is 1. The van der Waals surface area contributed by atoms with Gasteiger partial charge in [0.05, 0.1) is 23.4 Å². The predicted octanol–water partition coefficient (Wildman–Crippen LogP) is 5.05. The molecule has 1 aliphatic heterocycles. The van der Waals surface area contributed by atoms with Crippen molar-refractivity contribution in [2.75, 3.05) is 44.3 Å². The molecule has 32 heavy (non-hydrogen) atoms. The molecule has 0 atom stereocenters. The van der Waals surface area contributed by atoms with Gasteiger partial charge in [-0.05, 0) is 47.9 Å². The molecule has 5 rings (SSSR count). The molecular formula is C26H27N3O2S. The Hall–Kier alpha value is -2.80. The highest BCUT2D eigenvalue weighted by Gasteiger charge is 2.24. The van der Waals surface area contributed by atoms with Crippen LogP contribution < -0.4 is 4.90 Å². The number of benzene rings is 3. The lowest BCUT2D eigenvalue weighted by Crippen LogP contribution is -2.43. The number of amides is 1. The van der Waals surface area contributed by atoms with Crippen LogP contribution in [0, 0.1) is 13.8 Å². The topological polar surface area (TPSA) is 45.7 Å². The van der Waals surface area contributed by atoms with Gasteiger partial charge in [0.15, 0.2) is 5.13 Å². The van der Waals surface area contributed by atoms with Gasteiger partial charge in [-0.25, -0.2) is 4.98 Å². The summed E-state index contributed by atoms with van der Waals surface area (Å²) in [5, 5.41) is 2.81. The number of aryl methyl sites for hydroxylation is 2. The van der Waals surface area contributed by atoms with E-state index in [0.717, 1.165) is 70.1 Å². The molecule has 1 saturated heterocycles. The van der Waals surface area contributed by atoms with E-state index in [9.17, 15) is 4.79 Å². The first-order valence-electron chi connectivity index (χ1n) is 11.1. The number of morpholine rings is 1. The van der Waals surface area contributed by atoms with Crippen LogP contribution in [0.4, 0.5) is 5.13 Å². The fourth-order valence-electron chi connectivity index (χ4n) is 4.38. The zero-order valence-corrected chi connectivity index (χ0v) is 19.3. The van der Waals surface area contributed by atoms with E-state index in [4.69, 9.17) is 9.72 Å². The molecule has 0 N–H and O–H groups in total. The van der Waals surface area contributed by atoms with Crippen LogP contribution >= 0.6 is 11.3 Å². The smallest absolute Gasteiger partial charge is 0.260 e. The lowest BCUT2D eigenvalue weighted by molar-refractivity contribution is 0.0391. The molecule has 0 saturated carbocycles. The molecule has 0 aliphatic carbocycles. The van der Waals surface area contributed by atoms with Gasteiger partial charge in [0.1, 0.15) is 0 Å². The van der Waals surface area contributed by atoms with Crippen LogP contribution in [-0.2, 0) is 4.74 Å². The van der Waals surface area contributed by atoms with Crippen molar-refractivity contribution in [2.45, 2.75) is 13.8 Å². The number of hydrogen-bond acceptors (Lipinski definition) is 5. The van der Waals surface area contributed by atoms with E-state index in [1.807, 2.05) is 47.4 Å². The molecule has 6 heteroatoms. The molecule has 2 heterocycles. The number of fused-ring (bicyclic) bond motifs is 2. The molecule has 5 nitrogen and oxygen atoms in total. The molecule has 4 aromatic rings. The van der Waals surface area contributed by atoms with E-state index in [0.29, 0.717) is 6.54 Å². The second-order valence-electron chi connectivity index (χ2n) is 8.36. The normalized spacial score (nSPS) is 14.8. The highest BCUT2D eigenvalue weighted by molar-refractivity contribution is 7.22. The number of rotatable bonds is 5. The lowest BCUT2D eigenvalue weighted by atomic mass is 10.0. The van der Waals surface area contributed by atoms with Gasteiger partial charge in [0.2, 0.25) is 0 Å². The maximum absolute atomic E-state index is 13.9. The van der Waals surface area contributed by atoms with E-state index < -0.39 is 0 Å². The Balaban J connectivity index is 1.54. The standard InChI is InChI=1S/C26H27N3O2S/c1-18-16-19(2)24-23(17-18)32-26(27-24)29(11-10-28-12-14-31-15-13-28)25(30)22-9-5-7-20-6-3-4-8-21(20)22/h3-9,16-17H,10-15H2,1-2H3. The molecule has 1 aliphatic rings. The van der Waals surface area contributed by atoms with E-state index in [1.54, 1.807) is 11.3 Å². The highest BCUT2D eigenvalue weighted by Crippen LogP contribution is 2.33. The van der Waals surface area contributed by atoms with Gasteiger partial charge < -0.3 is 4.74 Å². The quantitative estimate of drug-likeness (QED) is 0.431. The Kier molecular flexibility index (Phi) is 5.91. The zero-order chi connectivity index (χ0) is 22.1. The average Bonchev–Trinajstić information content (AvgIpc) is 3.23. The maximum Gasteiger partial charge on any atom is 0.260 e. The number of anilines is 1. The molecule has 1 aromatic heterocycles. The molecule has 164 valence electrons. The van der Waals surface area contributed by atoms with E-state index >= 15 is 0 Å². The van der Waals surface area contributed by atoms with Gasteiger partial charge in [-0.3, -0.25) is 14.6 Å². The Morgan fingerprint density at radius 3 is 2.72 bits per heavy atom. The largest absolute Gasteiger partial charge is 0.379 e. The van der Waals surface area contributed by atoms with Crippen LogP contribution in [0.2, 0.25) is 0 Å². The number of nitrogens with zero attached hydrogens (tertiary/aromatic N) is 3. The summed E-state index contributed by atoms with van der Waals surface area (Å²) in [5.41, 5.74) is 4.06. The SMILES string of the molecule is Cc1cc(C)c2nc(N(CCN3CCOCC3)C(=O)c3cccc4ccccc34)sc2c1. The van der Waals surface area contributed by atoms with Crippen LogP contribution in [0.25, 0.3) is 21.0 Å². The van der Waals surface area contributed by atoms with Crippen molar-refractivity contribution in [3.63, 3.8) is 0 Å². The van der Waals surface area contributed by atoms with Crippen molar-refractivity contribution in [1.29, 1.82) is 0 Å². The maximum atomic E-state index is 13.9. The first kappa shape index (κ1) is 21.1. The first-order valence-corrected chi connectivity index (χ1v) is 11.9. The highest BCUT2D eigenvalue weighted by atomic mass is 32.1. The Labute approximate surface area is 192 Å². The Morgan fingerprint density at radius 2 is 1.88 bits per heavy atom. The lowest BCUT2D eigenvalue weighted by Gasteiger charge is -2.29. The third-order valence-electron chi connectivity index (χ3n) is 6.06. The summed E-state index contributed by atoms with van der Waals surface area (Å²) in [6, 6.07) is 18.3. The van der Waals surface area contributed by atoms with Crippen LogP contribution in [0.15, 0.2) is 54.6 Å². The Bertz CT molecular complexity index is 1270. The molecule has 0 unspecified atom stereocenters. The number of hydrogen-bond donors (Lipinski definition) is 0. The molecule has 0 spiro atoms. The predicted molar refractivity (Wildman–Crippen MR) is 132 cm³/mol. The van der Waals surface area contributed by atoms with Crippen LogP contribution in [-0.4, -0.2) is 55.2 Å². The van der Waals surface area contributed by atoms with Gasteiger partial charge in [-0.1, -0.05) is 53.8 Å². The molecule has 3 aromatic carbocycles. The summed E-state index contributed by atoms with van der Waals surface area (Å²) in [6.07, 6.45) is 0. The zero-order valence-electron chi connectivity index (χ0n) is 18.5. The fraction of sp³-hybridized carbons (Fsp3) is 0.308. The van der Waals surface area contributed by atoms with Crippen molar-refractivity contribution in [1.82, 2.24) is 9.88 Å². The van der Waals surface area contributed by atoms with Crippen molar-refractivity contribution < 1.29 is 9.53 Å².